The van der Waals surface area contributed by atoms with Crippen LogP contribution in [0.15, 0.2) is 36.4 Å². The molecule has 1 saturated carbocycles. The van der Waals surface area contributed by atoms with E-state index in [9.17, 15) is 27.2 Å². The Morgan fingerprint density at radius 2 is 1.79 bits per heavy atom. The second-order valence-electron chi connectivity index (χ2n) is 8.56. The van der Waals surface area contributed by atoms with Gasteiger partial charge in [0.2, 0.25) is 0 Å². The molecule has 184 valence electrons. The smallest absolute Gasteiger partial charge is 0.418 e. The molecule has 1 amide bonds. The molecule has 2 aromatic carbocycles. The van der Waals surface area contributed by atoms with Gasteiger partial charge in [0.25, 0.3) is 5.91 Å². The van der Waals surface area contributed by atoms with Crippen molar-refractivity contribution in [3.63, 3.8) is 0 Å². The molecule has 1 fully saturated rings. The van der Waals surface area contributed by atoms with E-state index in [0.717, 1.165) is 18.2 Å². The summed E-state index contributed by atoms with van der Waals surface area (Å²) in [5, 5.41) is 14.6. The normalized spacial score (nSPS) is 19.4. The van der Waals surface area contributed by atoms with Gasteiger partial charge >= 0.3 is 12.1 Å². The van der Waals surface area contributed by atoms with Crippen LogP contribution in [0.4, 0.5) is 23.2 Å². The second-order valence-corrected chi connectivity index (χ2v) is 8.96. The molecule has 0 saturated heterocycles. The van der Waals surface area contributed by atoms with E-state index in [1.54, 1.807) is 6.92 Å². The van der Waals surface area contributed by atoms with Gasteiger partial charge in [-0.2, -0.15) is 13.2 Å². The Morgan fingerprint density at radius 1 is 1.12 bits per heavy atom. The van der Waals surface area contributed by atoms with Gasteiger partial charge in [-0.05, 0) is 80.5 Å². The van der Waals surface area contributed by atoms with Crippen LogP contribution >= 0.6 is 11.6 Å². The van der Waals surface area contributed by atoms with Crippen LogP contribution in [0.25, 0.3) is 0 Å². The van der Waals surface area contributed by atoms with E-state index in [1.807, 2.05) is 0 Å². The summed E-state index contributed by atoms with van der Waals surface area (Å²) < 4.78 is 54.9. The van der Waals surface area contributed by atoms with Gasteiger partial charge in [-0.1, -0.05) is 11.6 Å². The number of carboxylic acid groups (broad SMARTS) is 1. The lowest BCUT2D eigenvalue weighted by atomic mass is 9.82. The van der Waals surface area contributed by atoms with E-state index in [1.165, 1.54) is 18.2 Å². The first kappa shape index (κ1) is 25.8. The fourth-order valence-electron chi connectivity index (χ4n) is 4.16. The van der Waals surface area contributed by atoms with Crippen LogP contribution in [-0.4, -0.2) is 23.5 Å². The van der Waals surface area contributed by atoms with E-state index < -0.39 is 35.5 Å². The molecule has 0 aromatic heterocycles. The Morgan fingerprint density at radius 3 is 2.41 bits per heavy atom. The molecule has 1 aliphatic rings. The van der Waals surface area contributed by atoms with Crippen LogP contribution in [-0.2, 0) is 11.0 Å². The predicted octanol–water partition coefficient (Wildman–Crippen LogP) is 6.29. The summed E-state index contributed by atoms with van der Waals surface area (Å²) in [5.41, 5.74) is -1.13. The molecule has 1 aliphatic carbocycles. The fraction of sp³-hybridized carbons (Fsp3) is 0.417. The largest absolute Gasteiger partial charge is 0.481 e. The molecule has 2 aromatic rings. The van der Waals surface area contributed by atoms with Gasteiger partial charge in [0.1, 0.15) is 5.82 Å². The lowest BCUT2D eigenvalue weighted by Crippen LogP contribution is -2.32. The van der Waals surface area contributed by atoms with E-state index in [0.29, 0.717) is 31.2 Å². The van der Waals surface area contributed by atoms with Crippen molar-refractivity contribution in [2.75, 3.05) is 11.9 Å². The molecule has 0 unspecified atom stereocenters. The standard InChI is InChI=1S/C24H25ClF4N2O3/c1-13(18-11-17(26)7-8-20(18)25)31-21-9-6-16(10-19(21)24(27,28)29)22(32)30-12-14-2-4-15(5-3-14)23(33)34/h6-11,13-15,31H,2-5,12H2,1H3,(H,30,32)(H,33,34)/t13-,14?,15?/m0/s1. The zero-order valence-electron chi connectivity index (χ0n) is 18.4. The van der Waals surface area contributed by atoms with Gasteiger partial charge in [-0.15, -0.1) is 0 Å². The fourth-order valence-corrected chi connectivity index (χ4v) is 4.44. The average Bonchev–Trinajstić information content (AvgIpc) is 2.78. The quantitative estimate of drug-likeness (QED) is 0.390. The number of alkyl halides is 3. The number of carbonyl (C=O) groups excluding carboxylic acids is 1. The van der Waals surface area contributed by atoms with E-state index in [-0.39, 0.29) is 34.7 Å². The number of carbonyl (C=O) groups is 2. The Kier molecular flexibility index (Phi) is 8.07. The van der Waals surface area contributed by atoms with Crippen molar-refractivity contribution < 1.29 is 32.3 Å². The van der Waals surface area contributed by atoms with E-state index >= 15 is 0 Å². The molecule has 10 heteroatoms. The highest BCUT2D eigenvalue weighted by molar-refractivity contribution is 6.31. The first-order valence-corrected chi connectivity index (χ1v) is 11.3. The van der Waals surface area contributed by atoms with Crippen molar-refractivity contribution in [3.05, 3.63) is 63.9 Å². The van der Waals surface area contributed by atoms with Crippen molar-refractivity contribution >= 4 is 29.2 Å². The third kappa shape index (κ3) is 6.40. The summed E-state index contributed by atoms with van der Waals surface area (Å²) in [6.45, 7) is 1.82. The predicted molar refractivity (Wildman–Crippen MR) is 120 cm³/mol. The van der Waals surface area contributed by atoms with Gasteiger partial charge in [-0.25, -0.2) is 4.39 Å². The highest BCUT2D eigenvalue weighted by Crippen LogP contribution is 2.38. The lowest BCUT2D eigenvalue weighted by molar-refractivity contribution is -0.143. The number of amides is 1. The molecule has 0 bridgehead atoms. The van der Waals surface area contributed by atoms with Crippen LogP contribution in [0, 0.1) is 17.7 Å². The SMILES string of the molecule is C[C@H](Nc1ccc(C(=O)NCC2CCC(C(=O)O)CC2)cc1C(F)(F)F)c1cc(F)ccc1Cl. The molecule has 3 rings (SSSR count). The number of nitrogens with one attached hydrogen (secondary N) is 2. The van der Waals surface area contributed by atoms with Gasteiger partial charge in [-0.3, -0.25) is 9.59 Å². The van der Waals surface area contributed by atoms with Crippen molar-refractivity contribution in [2.24, 2.45) is 11.8 Å². The Labute approximate surface area is 199 Å². The second kappa shape index (κ2) is 10.6. The summed E-state index contributed by atoms with van der Waals surface area (Å²) in [7, 11) is 0. The molecule has 1 atom stereocenters. The number of carboxylic acids is 1. The molecule has 0 heterocycles. The topological polar surface area (TPSA) is 78.4 Å². The molecular formula is C24H25ClF4N2O3. The van der Waals surface area contributed by atoms with Gasteiger partial charge in [0.15, 0.2) is 0 Å². The van der Waals surface area contributed by atoms with E-state index in [4.69, 9.17) is 16.7 Å². The van der Waals surface area contributed by atoms with Crippen molar-refractivity contribution in [1.29, 1.82) is 0 Å². The third-order valence-corrected chi connectivity index (χ3v) is 6.48. The Bertz CT molecular complexity index is 1050. The molecule has 34 heavy (non-hydrogen) atoms. The number of hydrogen-bond donors (Lipinski definition) is 3. The van der Waals surface area contributed by atoms with Gasteiger partial charge in [0, 0.05) is 22.8 Å². The molecule has 5 nitrogen and oxygen atoms in total. The summed E-state index contributed by atoms with van der Waals surface area (Å²) in [5.74, 6) is -2.33. The maximum Gasteiger partial charge on any atom is 0.418 e. The minimum Gasteiger partial charge on any atom is -0.481 e. The van der Waals surface area contributed by atoms with E-state index in [2.05, 4.69) is 10.6 Å². The maximum atomic E-state index is 13.8. The van der Waals surface area contributed by atoms with Gasteiger partial charge in [0.05, 0.1) is 17.5 Å². The Hall–Kier alpha value is -2.81. The first-order chi connectivity index (χ1) is 16.0. The molecule has 3 N–H and O–H groups in total. The van der Waals surface area contributed by atoms with Crippen LogP contribution in [0.5, 0.6) is 0 Å². The number of halogens is 5. The van der Waals surface area contributed by atoms with Crippen LogP contribution < -0.4 is 10.6 Å². The number of aliphatic carboxylic acids is 1. The lowest BCUT2D eigenvalue weighted by Gasteiger charge is -2.26. The number of anilines is 1. The van der Waals surface area contributed by atoms with Crippen molar-refractivity contribution in [2.45, 2.75) is 44.8 Å². The van der Waals surface area contributed by atoms with Gasteiger partial charge < -0.3 is 15.7 Å². The monoisotopic (exact) mass is 500 g/mol. The zero-order chi connectivity index (χ0) is 25.0. The number of rotatable bonds is 7. The highest BCUT2D eigenvalue weighted by Gasteiger charge is 2.35. The third-order valence-electron chi connectivity index (χ3n) is 6.13. The minimum atomic E-state index is -4.74. The molecular weight excluding hydrogens is 476 g/mol. The summed E-state index contributed by atoms with van der Waals surface area (Å²) in [6.07, 6.45) is -2.44. The zero-order valence-corrected chi connectivity index (χ0v) is 19.1. The molecule has 0 aliphatic heterocycles. The first-order valence-electron chi connectivity index (χ1n) is 10.9. The van der Waals surface area contributed by atoms with Crippen LogP contribution in [0.3, 0.4) is 0 Å². The van der Waals surface area contributed by atoms with Crippen molar-refractivity contribution in [1.82, 2.24) is 5.32 Å². The number of hydrogen-bond acceptors (Lipinski definition) is 3. The maximum absolute atomic E-state index is 13.8. The summed E-state index contributed by atoms with van der Waals surface area (Å²) in [4.78, 5) is 23.6. The summed E-state index contributed by atoms with van der Waals surface area (Å²) >= 11 is 6.07. The Balaban J connectivity index is 1.71. The average molecular weight is 501 g/mol. The summed E-state index contributed by atoms with van der Waals surface area (Å²) in [6, 6.07) is 6.14. The van der Waals surface area contributed by atoms with Crippen LogP contribution in [0.2, 0.25) is 5.02 Å². The number of benzene rings is 2. The van der Waals surface area contributed by atoms with Crippen molar-refractivity contribution in [3.8, 4) is 0 Å². The highest BCUT2D eigenvalue weighted by atomic mass is 35.5. The molecule has 0 radical (unpaired) electrons. The minimum absolute atomic E-state index is 0.0828. The molecule has 0 spiro atoms. The van der Waals surface area contributed by atoms with Crippen LogP contribution in [0.1, 0.15) is 60.1 Å².